The molecule has 0 N–H and O–H groups in total. The van der Waals surface area contributed by atoms with Crippen LogP contribution in [0.1, 0.15) is 5.56 Å². The van der Waals surface area contributed by atoms with Gasteiger partial charge in [-0.1, -0.05) is 41.9 Å². The van der Waals surface area contributed by atoms with Crippen molar-refractivity contribution in [3.8, 4) is 16.9 Å². The summed E-state index contributed by atoms with van der Waals surface area (Å²) in [5, 5.41) is 0.817. The van der Waals surface area contributed by atoms with E-state index in [1.165, 1.54) is 30.3 Å². The zero-order valence-electron chi connectivity index (χ0n) is 15.3. The van der Waals surface area contributed by atoms with Crippen LogP contribution >= 0.6 is 11.6 Å². The van der Waals surface area contributed by atoms with Crippen molar-refractivity contribution in [3.63, 3.8) is 0 Å². The van der Waals surface area contributed by atoms with E-state index < -0.39 is 15.7 Å². The third kappa shape index (κ3) is 3.90. The second-order valence-electron chi connectivity index (χ2n) is 6.47. The first kappa shape index (κ1) is 19.2. The smallest absolute Gasteiger partial charge is 0.339 e. The third-order valence-corrected chi connectivity index (χ3v) is 5.84. The quantitative estimate of drug-likeness (QED) is 0.331. The largest absolute Gasteiger partial charge is 0.423 e. The first-order valence-corrected chi connectivity index (χ1v) is 10.5. The van der Waals surface area contributed by atoms with Crippen LogP contribution in [-0.2, 0) is 10.1 Å². The summed E-state index contributed by atoms with van der Waals surface area (Å²) in [6.45, 7) is 1.76. The molecule has 0 unspecified atom stereocenters. The van der Waals surface area contributed by atoms with Gasteiger partial charge in [0, 0.05) is 16.7 Å². The Morgan fingerprint density at radius 1 is 0.931 bits per heavy atom. The number of halogens is 1. The van der Waals surface area contributed by atoms with Gasteiger partial charge in [0.05, 0.1) is 5.39 Å². The van der Waals surface area contributed by atoms with Crippen molar-refractivity contribution in [1.82, 2.24) is 0 Å². The Morgan fingerprint density at radius 3 is 2.31 bits per heavy atom. The Bertz CT molecular complexity index is 1360. The monoisotopic (exact) mass is 426 g/mol. The molecular formula is C22H15ClO5S. The fraction of sp³-hybridized carbons (Fsp3) is 0.0455. The van der Waals surface area contributed by atoms with E-state index in [0.717, 1.165) is 5.56 Å². The van der Waals surface area contributed by atoms with Crippen LogP contribution in [0.15, 0.2) is 86.9 Å². The van der Waals surface area contributed by atoms with Gasteiger partial charge in [-0.15, -0.1) is 0 Å². The van der Waals surface area contributed by atoms with Crippen molar-refractivity contribution < 1.29 is 17.0 Å². The summed E-state index contributed by atoms with van der Waals surface area (Å²) in [6.07, 6.45) is 0. The van der Waals surface area contributed by atoms with Crippen LogP contribution in [-0.4, -0.2) is 8.42 Å². The number of fused-ring (bicyclic) bond motifs is 1. The predicted molar refractivity (Wildman–Crippen MR) is 112 cm³/mol. The summed E-state index contributed by atoms with van der Waals surface area (Å²) in [4.78, 5) is 12.1. The van der Waals surface area contributed by atoms with Crippen molar-refractivity contribution in [3.05, 3.63) is 93.8 Å². The average Bonchev–Trinajstić information content (AvgIpc) is 2.67. The molecule has 0 radical (unpaired) electrons. The molecule has 0 saturated heterocycles. The lowest BCUT2D eigenvalue weighted by Crippen LogP contribution is -2.10. The first-order chi connectivity index (χ1) is 13.8. The van der Waals surface area contributed by atoms with Crippen molar-refractivity contribution in [2.45, 2.75) is 11.8 Å². The standard InChI is InChI=1S/C22H15ClO5S/c1-14-11-19-22(18(13-21(24)27-19)15-5-3-2-4-6-15)20(12-14)28-29(25,26)17-9-7-16(23)8-10-17/h2-13H,1H3. The number of aryl methyl sites for hydroxylation is 1. The van der Waals surface area contributed by atoms with Crippen molar-refractivity contribution in [1.29, 1.82) is 0 Å². The fourth-order valence-corrected chi connectivity index (χ4v) is 4.13. The second kappa shape index (κ2) is 7.39. The van der Waals surface area contributed by atoms with E-state index in [2.05, 4.69) is 0 Å². The van der Waals surface area contributed by atoms with Gasteiger partial charge in [-0.3, -0.25) is 0 Å². The molecule has 4 rings (SSSR count). The van der Waals surface area contributed by atoms with Crippen LogP contribution in [0.4, 0.5) is 0 Å². The van der Waals surface area contributed by atoms with Crippen LogP contribution in [0.5, 0.6) is 5.75 Å². The molecular weight excluding hydrogens is 412 g/mol. The van der Waals surface area contributed by atoms with E-state index >= 15 is 0 Å². The zero-order chi connectivity index (χ0) is 20.6. The highest BCUT2D eigenvalue weighted by atomic mass is 35.5. The second-order valence-corrected chi connectivity index (χ2v) is 8.46. The molecule has 0 bridgehead atoms. The number of rotatable bonds is 4. The van der Waals surface area contributed by atoms with Gasteiger partial charge in [-0.2, -0.15) is 8.42 Å². The Labute approximate surface area is 172 Å². The SMILES string of the molecule is Cc1cc(OS(=O)(=O)c2ccc(Cl)cc2)c2c(-c3ccccc3)cc(=O)oc2c1. The van der Waals surface area contributed by atoms with Gasteiger partial charge >= 0.3 is 15.7 Å². The summed E-state index contributed by atoms with van der Waals surface area (Å²) < 4.78 is 36.5. The summed E-state index contributed by atoms with van der Waals surface area (Å²) in [5.74, 6) is 0.0811. The minimum Gasteiger partial charge on any atom is -0.423 e. The highest BCUT2D eigenvalue weighted by molar-refractivity contribution is 7.87. The lowest BCUT2D eigenvalue weighted by atomic mass is 10.0. The molecule has 5 nitrogen and oxygen atoms in total. The lowest BCUT2D eigenvalue weighted by molar-refractivity contribution is 0.487. The number of benzene rings is 3. The molecule has 1 heterocycles. The summed E-state index contributed by atoms with van der Waals surface area (Å²) in [5.41, 5.74) is 1.67. The highest BCUT2D eigenvalue weighted by Crippen LogP contribution is 2.36. The predicted octanol–water partition coefficient (Wildman–Crippen LogP) is 5.19. The maximum absolute atomic E-state index is 12.8. The fourth-order valence-electron chi connectivity index (χ4n) is 3.07. The Kier molecular flexibility index (Phi) is 4.90. The molecule has 1 aromatic heterocycles. The van der Waals surface area contributed by atoms with Crippen LogP contribution in [0.3, 0.4) is 0 Å². The van der Waals surface area contributed by atoms with Gasteiger partial charge in [-0.05, 0) is 54.4 Å². The Balaban J connectivity index is 1.95. The molecule has 0 aliphatic carbocycles. The van der Waals surface area contributed by atoms with E-state index in [1.54, 1.807) is 19.1 Å². The summed E-state index contributed by atoms with van der Waals surface area (Å²) in [7, 11) is -4.13. The van der Waals surface area contributed by atoms with E-state index in [0.29, 0.717) is 21.5 Å². The molecule has 0 fully saturated rings. The van der Waals surface area contributed by atoms with Gasteiger partial charge in [0.1, 0.15) is 10.5 Å². The maximum Gasteiger partial charge on any atom is 0.339 e. The molecule has 146 valence electrons. The van der Waals surface area contributed by atoms with Crippen molar-refractivity contribution >= 4 is 32.7 Å². The van der Waals surface area contributed by atoms with Crippen LogP contribution < -0.4 is 9.81 Å². The first-order valence-electron chi connectivity index (χ1n) is 8.67. The molecule has 3 aromatic carbocycles. The summed E-state index contributed by atoms with van der Waals surface area (Å²) in [6, 6.07) is 19.4. The van der Waals surface area contributed by atoms with E-state index in [4.69, 9.17) is 20.2 Å². The number of hydrogen-bond donors (Lipinski definition) is 0. The molecule has 4 aromatic rings. The topological polar surface area (TPSA) is 73.6 Å². The van der Waals surface area contributed by atoms with Crippen LogP contribution in [0.25, 0.3) is 22.1 Å². The molecule has 0 amide bonds. The molecule has 0 aliphatic heterocycles. The van der Waals surface area contributed by atoms with Gasteiger partial charge in [0.15, 0.2) is 5.75 Å². The van der Waals surface area contributed by atoms with Crippen LogP contribution in [0, 0.1) is 6.92 Å². The van der Waals surface area contributed by atoms with Gasteiger partial charge in [-0.25, -0.2) is 4.79 Å². The van der Waals surface area contributed by atoms with Gasteiger partial charge in [0.2, 0.25) is 0 Å². The minimum atomic E-state index is -4.13. The van der Waals surface area contributed by atoms with Gasteiger partial charge < -0.3 is 8.60 Å². The maximum atomic E-state index is 12.8. The van der Waals surface area contributed by atoms with Crippen molar-refractivity contribution in [2.24, 2.45) is 0 Å². The molecule has 29 heavy (non-hydrogen) atoms. The molecule has 0 atom stereocenters. The van der Waals surface area contributed by atoms with Gasteiger partial charge in [0.25, 0.3) is 0 Å². The third-order valence-electron chi connectivity index (χ3n) is 4.34. The Hall–Kier alpha value is -3.09. The summed E-state index contributed by atoms with van der Waals surface area (Å²) >= 11 is 5.85. The lowest BCUT2D eigenvalue weighted by Gasteiger charge is -2.13. The normalized spacial score (nSPS) is 11.5. The van der Waals surface area contributed by atoms with E-state index in [9.17, 15) is 13.2 Å². The molecule has 0 spiro atoms. The minimum absolute atomic E-state index is 0.0322. The zero-order valence-corrected chi connectivity index (χ0v) is 16.8. The van der Waals surface area contributed by atoms with Crippen molar-refractivity contribution in [2.75, 3.05) is 0 Å². The Morgan fingerprint density at radius 2 is 1.62 bits per heavy atom. The van der Waals surface area contributed by atoms with E-state index in [1.807, 2.05) is 30.3 Å². The average molecular weight is 427 g/mol. The number of hydrogen-bond acceptors (Lipinski definition) is 5. The molecule has 7 heteroatoms. The molecule has 0 saturated carbocycles. The van der Waals surface area contributed by atoms with E-state index in [-0.39, 0.29) is 16.2 Å². The molecule has 0 aliphatic rings. The van der Waals surface area contributed by atoms with Crippen LogP contribution in [0.2, 0.25) is 5.02 Å². The highest BCUT2D eigenvalue weighted by Gasteiger charge is 2.21.